The van der Waals surface area contributed by atoms with Crippen molar-refractivity contribution < 1.29 is 52.3 Å². The van der Waals surface area contributed by atoms with E-state index >= 15 is 0 Å². The molecule has 1 aliphatic rings. The molecule has 0 radical (unpaired) electrons. The van der Waals surface area contributed by atoms with Crippen molar-refractivity contribution >= 4 is 23.8 Å². The van der Waals surface area contributed by atoms with E-state index in [-0.39, 0.29) is 79.3 Å². The van der Waals surface area contributed by atoms with E-state index < -0.39 is 35.8 Å². The van der Waals surface area contributed by atoms with Gasteiger partial charge < -0.3 is 43.8 Å². The SMILES string of the molecule is O=C1COCCOCC(=O)N[C@H](COCc2ccccc2)C(=O)OCCOCCOC(=O)[C@H](COCc2ccccc2)N1. The molecule has 13 nitrogen and oxygen atoms in total. The Kier molecular flexibility index (Phi) is 15.7. The Hall–Kier alpha value is -3.88. The Morgan fingerprint density at radius 2 is 0.953 bits per heavy atom. The molecule has 0 unspecified atom stereocenters. The van der Waals surface area contributed by atoms with Crippen molar-refractivity contribution in [3.63, 3.8) is 0 Å². The molecule has 2 atom stereocenters. The average molecular weight is 603 g/mol. The number of cyclic esters (lactones) is 2. The Morgan fingerprint density at radius 3 is 1.37 bits per heavy atom. The van der Waals surface area contributed by atoms with Crippen molar-refractivity contribution in [3.05, 3.63) is 71.8 Å². The van der Waals surface area contributed by atoms with Gasteiger partial charge in [0.1, 0.15) is 26.4 Å². The molecule has 1 aliphatic heterocycles. The van der Waals surface area contributed by atoms with Gasteiger partial charge in [-0.3, -0.25) is 9.59 Å². The monoisotopic (exact) mass is 602 g/mol. The molecule has 2 amide bonds. The molecule has 0 aromatic heterocycles. The summed E-state index contributed by atoms with van der Waals surface area (Å²) in [5.74, 6) is -2.51. The standard InChI is InChI=1S/C30H38N2O11/c33-27-21-38-11-12-39-22-28(34)32-26(20-41-18-24-9-5-2-6-10-24)30(36)43-16-14-37-13-15-42-29(35)25(31-27)19-40-17-23-7-3-1-4-8-23/h1-10,25-26H,11-22H2,(H,31,33)(H,32,34)/t25-,26+. The second-order valence-electron chi connectivity index (χ2n) is 9.29. The molecule has 1 fully saturated rings. The van der Waals surface area contributed by atoms with Crippen LogP contribution in [0, 0.1) is 0 Å². The Morgan fingerprint density at radius 1 is 0.558 bits per heavy atom. The fourth-order valence-electron chi connectivity index (χ4n) is 3.70. The summed E-state index contributed by atoms with van der Waals surface area (Å²) >= 11 is 0. The third-order valence-corrected chi connectivity index (χ3v) is 5.81. The molecular weight excluding hydrogens is 564 g/mol. The third-order valence-electron chi connectivity index (χ3n) is 5.81. The number of benzene rings is 2. The Bertz CT molecular complexity index is 1030. The quantitative estimate of drug-likeness (QED) is 0.407. The van der Waals surface area contributed by atoms with Crippen molar-refractivity contribution in [2.45, 2.75) is 25.3 Å². The summed E-state index contributed by atoms with van der Waals surface area (Å²) in [6.07, 6.45) is 0. The van der Waals surface area contributed by atoms with Crippen LogP contribution in [0.25, 0.3) is 0 Å². The maximum absolute atomic E-state index is 12.7. The van der Waals surface area contributed by atoms with Gasteiger partial charge in [0.05, 0.1) is 52.9 Å². The fourth-order valence-corrected chi connectivity index (χ4v) is 3.70. The van der Waals surface area contributed by atoms with Crippen LogP contribution in [0.2, 0.25) is 0 Å². The van der Waals surface area contributed by atoms with Crippen LogP contribution in [0.1, 0.15) is 11.1 Å². The first kappa shape index (κ1) is 33.6. The molecule has 3 rings (SSSR count). The van der Waals surface area contributed by atoms with Crippen LogP contribution < -0.4 is 10.6 Å². The zero-order valence-corrected chi connectivity index (χ0v) is 23.9. The fraction of sp³-hybridized carbons (Fsp3) is 0.467. The van der Waals surface area contributed by atoms with Crippen LogP contribution in [0.15, 0.2) is 60.7 Å². The molecule has 0 aliphatic carbocycles. The van der Waals surface area contributed by atoms with Crippen molar-refractivity contribution in [1.29, 1.82) is 0 Å². The highest BCUT2D eigenvalue weighted by Crippen LogP contribution is 2.04. The topological polar surface area (TPSA) is 157 Å². The van der Waals surface area contributed by atoms with E-state index in [1.165, 1.54) is 0 Å². The van der Waals surface area contributed by atoms with E-state index in [1.807, 2.05) is 60.7 Å². The first-order valence-corrected chi connectivity index (χ1v) is 13.9. The Labute approximate surface area is 250 Å². The smallest absolute Gasteiger partial charge is 0.331 e. The lowest BCUT2D eigenvalue weighted by Crippen LogP contribution is -2.46. The molecule has 0 bridgehead atoms. The molecule has 0 spiro atoms. The predicted octanol–water partition coefficient (Wildman–Crippen LogP) is 0.539. The molecule has 13 heteroatoms. The maximum Gasteiger partial charge on any atom is 0.331 e. The van der Waals surface area contributed by atoms with Gasteiger partial charge in [-0.1, -0.05) is 60.7 Å². The lowest BCUT2D eigenvalue weighted by atomic mass is 10.2. The lowest BCUT2D eigenvalue weighted by Gasteiger charge is -2.18. The van der Waals surface area contributed by atoms with Crippen molar-refractivity contribution in [2.75, 3.05) is 66.1 Å². The van der Waals surface area contributed by atoms with Crippen LogP contribution in [-0.4, -0.2) is 102 Å². The van der Waals surface area contributed by atoms with Crippen molar-refractivity contribution in [1.82, 2.24) is 10.6 Å². The zero-order valence-electron chi connectivity index (χ0n) is 23.9. The number of rotatable bonds is 8. The largest absolute Gasteiger partial charge is 0.462 e. The van der Waals surface area contributed by atoms with Gasteiger partial charge in [-0.15, -0.1) is 0 Å². The Balaban J connectivity index is 1.50. The van der Waals surface area contributed by atoms with Gasteiger partial charge in [-0.05, 0) is 11.1 Å². The minimum atomic E-state index is -1.07. The highest BCUT2D eigenvalue weighted by molar-refractivity contribution is 5.85. The number of nitrogens with one attached hydrogen (secondary N) is 2. The van der Waals surface area contributed by atoms with E-state index in [0.29, 0.717) is 0 Å². The molecule has 43 heavy (non-hydrogen) atoms. The summed E-state index contributed by atoms with van der Waals surface area (Å²) in [7, 11) is 0. The normalized spacial score (nSPS) is 20.6. The van der Waals surface area contributed by atoms with E-state index in [0.717, 1.165) is 11.1 Å². The molecule has 1 saturated heterocycles. The highest BCUT2D eigenvalue weighted by Gasteiger charge is 2.24. The first-order valence-electron chi connectivity index (χ1n) is 13.9. The maximum atomic E-state index is 12.7. The van der Waals surface area contributed by atoms with Gasteiger partial charge in [0, 0.05) is 0 Å². The van der Waals surface area contributed by atoms with Gasteiger partial charge in [0.25, 0.3) is 0 Å². The lowest BCUT2D eigenvalue weighted by molar-refractivity contribution is -0.153. The summed E-state index contributed by atoms with van der Waals surface area (Å²) in [6, 6.07) is 16.6. The van der Waals surface area contributed by atoms with Gasteiger partial charge in [-0.2, -0.15) is 0 Å². The first-order chi connectivity index (χ1) is 21.0. The number of amides is 2. The van der Waals surface area contributed by atoms with Gasteiger partial charge in [0.2, 0.25) is 11.8 Å². The van der Waals surface area contributed by atoms with E-state index in [1.54, 1.807) is 0 Å². The highest BCUT2D eigenvalue weighted by atomic mass is 16.6. The number of carbonyl (C=O) groups is 4. The van der Waals surface area contributed by atoms with Crippen LogP contribution in [0.3, 0.4) is 0 Å². The summed E-state index contributed by atoms with van der Waals surface area (Å²) < 4.78 is 37.7. The average Bonchev–Trinajstić information content (AvgIpc) is 3.01. The molecular formula is C30H38N2O11. The zero-order chi connectivity index (χ0) is 30.5. The van der Waals surface area contributed by atoms with Gasteiger partial charge >= 0.3 is 11.9 Å². The number of carbonyl (C=O) groups excluding carboxylic acids is 4. The van der Waals surface area contributed by atoms with Crippen LogP contribution in [0.5, 0.6) is 0 Å². The molecule has 1 heterocycles. The van der Waals surface area contributed by atoms with E-state index in [2.05, 4.69) is 10.6 Å². The van der Waals surface area contributed by atoms with Gasteiger partial charge in [-0.25, -0.2) is 9.59 Å². The minimum Gasteiger partial charge on any atom is -0.462 e. The van der Waals surface area contributed by atoms with E-state index in [9.17, 15) is 19.2 Å². The molecule has 2 N–H and O–H groups in total. The van der Waals surface area contributed by atoms with Crippen molar-refractivity contribution in [2.24, 2.45) is 0 Å². The molecule has 2 aromatic carbocycles. The van der Waals surface area contributed by atoms with Crippen LogP contribution >= 0.6 is 0 Å². The number of ether oxygens (including phenoxy) is 7. The molecule has 234 valence electrons. The number of hydrogen-bond acceptors (Lipinski definition) is 11. The van der Waals surface area contributed by atoms with Crippen LogP contribution in [-0.2, 0) is 65.5 Å². The third kappa shape index (κ3) is 14.2. The second kappa shape index (κ2) is 20.1. The summed E-state index contributed by atoms with van der Waals surface area (Å²) in [4.78, 5) is 50.1. The predicted molar refractivity (Wildman–Crippen MR) is 150 cm³/mol. The second-order valence-corrected chi connectivity index (χ2v) is 9.29. The molecule has 0 saturated carbocycles. The van der Waals surface area contributed by atoms with Crippen molar-refractivity contribution in [3.8, 4) is 0 Å². The summed E-state index contributed by atoms with van der Waals surface area (Å²) in [5.41, 5.74) is 1.81. The number of hydrogen-bond donors (Lipinski definition) is 2. The van der Waals surface area contributed by atoms with Crippen LogP contribution in [0.4, 0.5) is 0 Å². The summed E-state index contributed by atoms with van der Waals surface area (Å²) in [5, 5.41) is 5.10. The minimum absolute atomic E-state index is 0.00329. The van der Waals surface area contributed by atoms with E-state index in [4.69, 9.17) is 33.2 Å². The summed E-state index contributed by atoms with van der Waals surface area (Å²) in [6.45, 7) is -0.613. The number of esters is 2. The molecule has 2 aromatic rings. The van der Waals surface area contributed by atoms with Gasteiger partial charge in [0.15, 0.2) is 12.1 Å².